The van der Waals surface area contributed by atoms with E-state index in [4.69, 9.17) is 11.6 Å². The van der Waals surface area contributed by atoms with Gasteiger partial charge in [-0.05, 0) is 31.4 Å². The van der Waals surface area contributed by atoms with Crippen LogP contribution >= 0.6 is 34.7 Å². The van der Waals surface area contributed by atoms with Crippen molar-refractivity contribution in [2.75, 3.05) is 19.1 Å². The summed E-state index contributed by atoms with van der Waals surface area (Å²) in [5.41, 5.74) is 0. The van der Waals surface area contributed by atoms with Crippen molar-refractivity contribution >= 4 is 44.7 Å². The summed E-state index contributed by atoms with van der Waals surface area (Å²) in [4.78, 5) is 1.22. The zero-order valence-electron chi connectivity index (χ0n) is 10.7. The summed E-state index contributed by atoms with van der Waals surface area (Å²) >= 11 is 8.81. The standard InChI is InChI=1S/C11H18ClNO2S3/c1-9(4-5-16-3)13(2)18(14,15)11-6-10(7-12)17-8-11/h6,8-9H,4-5,7H2,1-3H3. The van der Waals surface area contributed by atoms with Gasteiger partial charge in [0, 0.05) is 23.3 Å². The summed E-state index contributed by atoms with van der Waals surface area (Å²) in [5.74, 6) is 1.31. The van der Waals surface area contributed by atoms with Crippen LogP contribution in [-0.2, 0) is 15.9 Å². The Morgan fingerprint density at radius 2 is 2.22 bits per heavy atom. The molecule has 3 nitrogen and oxygen atoms in total. The molecule has 1 unspecified atom stereocenters. The highest BCUT2D eigenvalue weighted by Crippen LogP contribution is 2.24. The highest BCUT2D eigenvalue weighted by Gasteiger charge is 2.25. The molecule has 0 saturated carbocycles. The zero-order valence-corrected chi connectivity index (χ0v) is 13.9. The molecule has 0 fully saturated rings. The van der Waals surface area contributed by atoms with Crippen LogP contribution in [0.4, 0.5) is 0 Å². The third-order valence-corrected chi connectivity index (χ3v) is 6.92. The monoisotopic (exact) mass is 327 g/mol. The Labute approximate surface area is 123 Å². The van der Waals surface area contributed by atoms with Crippen LogP contribution in [0.1, 0.15) is 18.2 Å². The molecular formula is C11H18ClNO2S3. The van der Waals surface area contributed by atoms with Crippen molar-refractivity contribution in [3.8, 4) is 0 Å². The summed E-state index contributed by atoms with van der Waals surface area (Å²) < 4.78 is 26.1. The summed E-state index contributed by atoms with van der Waals surface area (Å²) in [6.07, 6.45) is 2.87. The largest absolute Gasteiger partial charge is 0.243 e. The second kappa shape index (κ2) is 7.14. The van der Waals surface area contributed by atoms with E-state index in [0.29, 0.717) is 10.8 Å². The molecule has 0 bridgehead atoms. The van der Waals surface area contributed by atoms with Crippen molar-refractivity contribution in [2.45, 2.75) is 30.2 Å². The molecule has 1 heterocycles. The smallest absolute Gasteiger partial charge is 0.207 e. The minimum Gasteiger partial charge on any atom is -0.207 e. The Kier molecular flexibility index (Phi) is 6.47. The van der Waals surface area contributed by atoms with Crippen molar-refractivity contribution < 1.29 is 8.42 Å². The number of hydrogen-bond donors (Lipinski definition) is 0. The lowest BCUT2D eigenvalue weighted by molar-refractivity contribution is 0.382. The number of thioether (sulfide) groups is 1. The summed E-state index contributed by atoms with van der Waals surface area (Å²) in [6.45, 7) is 1.93. The van der Waals surface area contributed by atoms with Gasteiger partial charge in [0.25, 0.3) is 0 Å². The van der Waals surface area contributed by atoms with E-state index in [1.54, 1.807) is 30.3 Å². The molecule has 1 atom stereocenters. The Balaban J connectivity index is 2.85. The topological polar surface area (TPSA) is 37.4 Å². The van der Waals surface area contributed by atoms with Crippen LogP contribution < -0.4 is 0 Å². The van der Waals surface area contributed by atoms with Crippen LogP contribution in [0.25, 0.3) is 0 Å². The second-order valence-electron chi connectivity index (χ2n) is 4.03. The van der Waals surface area contributed by atoms with E-state index in [1.165, 1.54) is 15.6 Å². The Morgan fingerprint density at radius 1 is 1.56 bits per heavy atom. The molecule has 0 amide bonds. The zero-order chi connectivity index (χ0) is 13.8. The van der Waals surface area contributed by atoms with Crippen LogP contribution in [-0.4, -0.2) is 37.8 Å². The van der Waals surface area contributed by atoms with E-state index in [1.807, 2.05) is 13.2 Å². The third-order valence-electron chi connectivity index (χ3n) is 2.80. The third kappa shape index (κ3) is 3.87. The van der Waals surface area contributed by atoms with Gasteiger partial charge in [0.1, 0.15) is 0 Å². The van der Waals surface area contributed by atoms with Crippen LogP contribution in [0.3, 0.4) is 0 Å². The van der Waals surface area contributed by atoms with Gasteiger partial charge in [-0.25, -0.2) is 8.42 Å². The highest BCUT2D eigenvalue weighted by atomic mass is 35.5. The number of hydrogen-bond acceptors (Lipinski definition) is 4. The molecule has 18 heavy (non-hydrogen) atoms. The number of rotatable bonds is 7. The normalized spacial score (nSPS) is 14.1. The predicted molar refractivity (Wildman–Crippen MR) is 81.3 cm³/mol. The molecule has 0 N–H and O–H groups in total. The van der Waals surface area contributed by atoms with Gasteiger partial charge in [-0.2, -0.15) is 16.1 Å². The van der Waals surface area contributed by atoms with Gasteiger partial charge in [0.05, 0.1) is 10.8 Å². The lowest BCUT2D eigenvalue weighted by Gasteiger charge is -2.23. The maximum Gasteiger partial charge on any atom is 0.243 e. The van der Waals surface area contributed by atoms with Crippen LogP contribution in [0.15, 0.2) is 16.3 Å². The first-order valence-electron chi connectivity index (χ1n) is 5.53. The molecule has 1 aromatic rings. The van der Waals surface area contributed by atoms with Gasteiger partial charge in [-0.3, -0.25) is 0 Å². The number of halogens is 1. The van der Waals surface area contributed by atoms with Crippen molar-refractivity contribution in [1.29, 1.82) is 0 Å². The van der Waals surface area contributed by atoms with Crippen LogP contribution in [0.2, 0.25) is 0 Å². The van der Waals surface area contributed by atoms with E-state index >= 15 is 0 Å². The highest BCUT2D eigenvalue weighted by molar-refractivity contribution is 7.98. The second-order valence-corrected chi connectivity index (χ2v) is 8.28. The SMILES string of the molecule is CSCCC(C)N(C)S(=O)(=O)c1csc(CCl)c1. The fraction of sp³-hybridized carbons (Fsp3) is 0.636. The van der Waals surface area contributed by atoms with E-state index in [-0.39, 0.29) is 6.04 Å². The van der Waals surface area contributed by atoms with Gasteiger partial charge in [0.2, 0.25) is 10.0 Å². The Hall–Kier alpha value is 0.250. The molecule has 1 aromatic heterocycles. The molecule has 0 aliphatic heterocycles. The number of sulfonamides is 1. The van der Waals surface area contributed by atoms with E-state index in [0.717, 1.165) is 17.1 Å². The minimum absolute atomic E-state index is 0.00167. The molecule has 7 heteroatoms. The van der Waals surface area contributed by atoms with Gasteiger partial charge in [-0.15, -0.1) is 22.9 Å². The molecule has 0 radical (unpaired) electrons. The number of thiophene rings is 1. The van der Waals surface area contributed by atoms with Crippen molar-refractivity contribution in [3.05, 3.63) is 16.3 Å². The van der Waals surface area contributed by atoms with Gasteiger partial charge >= 0.3 is 0 Å². The average molecular weight is 328 g/mol. The molecule has 104 valence electrons. The maximum absolute atomic E-state index is 12.3. The summed E-state index contributed by atoms with van der Waals surface area (Å²) in [7, 11) is -1.74. The molecular weight excluding hydrogens is 310 g/mol. The lowest BCUT2D eigenvalue weighted by atomic mass is 10.3. The summed E-state index contributed by atoms with van der Waals surface area (Å²) in [6, 6.07) is 1.66. The quantitative estimate of drug-likeness (QED) is 0.721. The number of nitrogens with zero attached hydrogens (tertiary/aromatic N) is 1. The molecule has 0 saturated heterocycles. The van der Waals surface area contributed by atoms with E-state index in [9.17, 15) is 8.42 Å². The van der Waals surface area contributed by atoms with E-state index in [2.05, 4.69) is 0 Å². The van der Waals surface area contributed by atoms with Gasteiger partial charge in [-0.1, -0.05) is 0 Å². The van der Waals surface area contributed by atoms with Crippen LogP contribution in [0, 0.1) is 0 Å². The summed E-state index contributed by atoms with van der Waals surface area (Å²) in [5, 5.41) is 1.66. The van der Waals surface area contributed by atoms with Crippen molar-refractivity contribution in [1.82, 2.24) is 4.31 Å². The Bertz CT molecular complexity index is 472. The first-order chi connectivity index (χ1) is 8.43. The van der Waals surface area contributed by atoms with Gasteiger partial charge in [0.15, 0.2) is 0 Å². The molecule has 0 aliphatic rings. The minimum atomic E-state index is -3.38. The molecule has 0 aromatic carbocycles. The molecule has 1 rings (SSSR count). The van der Waals surface area contributed by atoms with Crippen LogP contribution in [0.5, 0.6) is 0 Å². The van der Waals surface area contributed by atoms with Crippen molar-refractivity contribution in [2.24, 2.45) is 0 Å². The molecule has 0 aliphatic carbocycles. The van der Waals surface area contributed by atoms with E-state index < -0.39 is 10.0 Å². The molecule has 0 spiro atoms. The first kappa shape index (κ1) is 16.3. The Morgan fingerprint density at radius 3 is 2.72 bits per heavy atom. The predicted octanol–water partition coefficient (Wildman–Crippen LogP) is 3.25. The first-order valence-corrected chi connectivity index (χ1v) is 9.78. The maximum atomic E-state index is 12.3. The van der Waals surface area contributed by atoms with Crippen molar-refractivity contribution in [3.63, 3.8) is 0 Å². The fourth-order valence-electron chi connectivity index (χ4n) is 1.44. The average Bonchev–Trinajstić information content (AvgIpc) is 2.84. The fourth-order valence-corrected chi connectivity index (χ4v) is 4.78. The lowest BCUT2D eigenvalue weighted by Crippen LogP contribution is -2.35. The number of alkyl halides is 1. The van der Waals surface area contributed by atoms with Gasteiger partial charge < -0.3 is 0 Å².